The SMILES string of the molecule is CCC[N+](CCC)(CCC)C(C)CC.CCC[N+](CCC)(CCC)C(C)CC.O=S(=O)([O-])[O-]. The molecule has 0 amide bonds. The zero-order valence-corrected chi connectivity index (χ0v) is 24.8. The number of quaternary nitrogens is 2. The van der Waals surface area contributed by atoms with E-state index in [1.54, 1.807) is 0 Å². The van der Waals surface area contributed by atoms with Crippen LogP contribution in [0.3, 0.4) is 0 Å². The van der Waals surface area contributed by atoms with E-state index in [4.69, 9.17) is 17.5 Å². The molecule has 0 aromatic rings. The maximum Gasteiger partial charge on any atom is 0.0859 e. The molecule has 0 rings (SSSR count). The van der Waals surface area contributed by atoms with Crippen LogP contribution in [0, 0.1) is 0 Å². The first-order chi connectivity index (χ1) is 15.3. The van der Waals surface area contributed by atoms with Gasteiger partial charge < -0.3 is 18.1 Å². The Morgan fingerprint density at radius 1 is 0.515 bits per heavy atom. The molecule has 2 unspecified atom stereocenters. The number of nitrogens with zero attached hydrogens (tertiary/aromatic N) is 2. The minimum Gasteiger partial charge on any atom is -0.759 e. The second-order valence-corrected chi connectivity index (χ2v) is 10.5. The second-order valence-electron chi connectivity index (χ2n) is 9.70. The first-order valence-corrected chi connectivity index (χ1v) is 15.0. The third-order valence-corrected chi connectivity index (χ3v) is 7.07. The molecule has 0 heterocycles. The fourth-order valence-corrected chi connectivity index (χ4v) is 5.44. The third kappa shape index (κ3) is 17.8. The van der Waals surface area contributed by atoms with Crippen LogP contribution >= 0.6 is 0 Å². The molecule has 0 aromatic carbocycles. The Kier molecular flexibility index (Phi) is 23.9. The molecular weight excluding hydrogens is 436 g/mol. The van der Waals surface area contributed by atoms with E-state index in [9.17, 15) is 0 Å². The van der Waals surface area contributed by atoms with Crippen LogP contribution in [0.1, 0.15) is 121 Å². The summed E-state index contributed by atoms with van der Waals surface area (Å²) in [6.45, 7) is 31.7. The summed E-state index contributed by atoms with van der Waals surface area (Å²) in [5.41, 5.74) is 0. The van der Waals surface area contributed by atoms with Gasteiger partial charge in [0.05, 0.1) is 51.4 Å². The quantitative estimate of drug-likeness (QED) is 0.142. The topological polar surface area (TPSA) is 80.3 Å². The Hall–Kier alpha value is -0.210. The van der Waals surface area contributed by atoms with Crippen LogP contribution in [-0.4, -0.2) is 77.8 Å². The van der Waals surface area contributed by atoms with Crippen LogP contribution in [-0.2, 0) is 10.4 Å². The summed E-state index contributed by atoms with van der Waals surface area (Å²) in [5, 5.41) is 0. The summed E-state index contributed by atoms with van der Waals surface area (Å²) in [4.78, 5) is 0. The molecule has 0 aliphatic carbocycles. The van der Waals surface area contributed by atoms with E-state index in [2.05, 4.69) is 69.2 Å². The van der Waals surface area contributed by atoms with Crippen molar-refractivity contribution in [2.24, 2.45) is 0 Å². The highest BCUT2D eigenvalue weighted by Crippen LogP contribution is 2.20. The molecule has 0 bridgehead atoms. The minimum absolute atomic E-state index is 0.842. The maximum atomic E-state index is 8.52. The van der Waals surface area contributed by atoms with Crippen molar-refractivity contribution in [3.05, 3.63) is 0 Å². The van der Waals surface area contributed by atoms with Crippen LogP contribution in [0.15, 0.2) is 0 Å². The van der Waals surface area contributed by atoms with Crippen molar-refractivity contribution in [1.82, 2.24) is 0 Å². The summed E-state index contributed by atoms with van der Waals surface area (Å²) in [6.07, 6.45) is 10.6. The summed E-state index contributed by atoms with van der Waals surface area (Å²) < 4.78 is 36.8. The van der Waals surface area contributed by atoms with Gasteiger partial charge in [-0.1, -0.05) is 55.4 Å². The number of hydrogen-bond acceptors (Lipinski definition) is 4. The maximum absolute atomic E-state index is 8.52. The van der Waals surface area contributed by atoms with Gasteiger partial charge in [-0.25, -0.2) is 0 Å². The van der Waals surface area contributed by atoms with Gasteiger partial charge in [0.15, 0.2) is 0 Å². The van der Waals surface area contributed by atoms with Gasteiger partial charge in [-0.3, -0.25) is 8.42 Å². The molecule has 0 N–H and O–H groups in total. The van der Waals surface area contributed by atoms with Gasteiger partial charge in [-0.15, -0.1) is 0 Å². The summed E-state index contributed by atoms with van der Waals surface area (Å²) in [7, 11) is -5.17. The Morgan fingerprint density at radius 3 is 0.758 bits per heavy atom. The molecule has 6 nitrogen and oxygen atoms in total. The normalized spacial score (nSPS) is 13.9. The standard InChI is InChI=1S/2C13H30N.H2O4S/c2*1-6-10-14(11-7-2,12-8-3)13(5)9-4;1-5(2,3)4/h2*13H,6-12H2,1-5H3;(H2,1,2,3,4)/q2*+1;/p-2. The molecule has 0 aromatic heterocycles. The lowest BCUT2D eigenvalue weighted by Gasteiger charge is -2.43. The number of rotatable bonds is 16. The van der Waals surface area contributed by atoms with Crippen LogP contribution < -0.4 is 0 Å². The molecule has 0 spiro atoms. The zero-order chi connectivity index (χ0) is 26.6. The van der Waals surface area contributed by atoms with Crippen molar-refractivity contribution in [1.29, 1.82) is 0 Å². The molecule has 0 saturated heterocycles. The fourth-order valence-electron chi connectivity index (χ4n) is 5.44. The highest BCUT2D eigenvalue weighted by atomic mass is 32.3. The van der Waals surface area contributed by atoms with Crippen molar-refractivity contribution in [3.63, 3.8) is 0 Å². The molecule has 2 atom stereocenters. The summed E-state index contributed by atoms with van der Waals surface area (Å²) >= 11 is 0. The lowest BCUT2D eigenvalue weighted by atomic mass is 10.1. The molecule has 0 saturated carbocycles. The predicted molar refractivity (Wildman–Crippen MR) is 141 cm³/mol. The largest absolute Gasteiger partial charge is 0.759 e. The minimum atomic E-state index is -5.17. The summed E-state index contributed by atoms with van der Waals surface area (Å²) in [5.74, 6) is 0. The Morgan fingerprint density at radius 2 is 0.667 bits per heavy atom. The summed E-state index contributed by atoms with van der Waals surface area (Å²) in [6, 6.07) is 1.68. The molecular formula is C26H60N2O4S. The molecule has 204 valence electrons. The monoisotopic (exact) mass is 496 g/mol. The molecule has 33 heavy (non-hydrogen) atoms. The molecule has 0 aliphatic rings. The van der Waals surface area contributed by atoms with E-state index in [0.29, 0.717) is 0 Å². The first-order valence-electron chi connectivity index (χ1n) is 13.7. The van der Waals surface area contributed by atoms with E-state index in [-0.39, 0.29) is 0 Å². The Balaban J connectivity index is -0.000000453. The molecule has 0 aliphatic heterocycles. The van der Waals surface area contributed by atoms with Crippen molar-refractivity contribution >= 4 is 10.4 Å². The van der Waals surface area contributed by atoms with Gasteiger partial charge in [0.2, 0.25) is 0 Å². The van der Waals surface area contributed by atoms with Crippen molar-refractivity contribution in [3.8, 4) is 0 Å². The highest BCUT2D eigenvalue weighted by molar-refractivity contribution is 7.79. The first kappa shape index (κ1) is 37.3. The average molecular weight is 497 g/mol. The molecule has 0 radical (unpaired) electrons. The average Bonchev–Trinajstić information content (AvgIpc) is 2.72. The van der Waals surface area contributed by atoms with Crippen LogP contribution in [0.4, 0.5) is 0 Å². The van der Waals surface area contributed by atoms with Gasteiger partial charge in [0.25, 0.3) is 0 Å². The van der Waals surface area contributed by atoms with E-state index in [1.165, 1.54) is 99.6 Å². The van der Waals surface area contributed by atoms with Crippen molar-refractivity contribution in [2.75, 3.05) is 39.3 Å². The van der Waals surface area contributed by atoms with Crippen molar-refractivity contribution < 1.29 is 26.5 Å². The van der Waals surface area contributed by atoms with Gasteiger partial charge >= 0.3 is 0 Å². The van der Waals surface area contributed by atoms with E-state index in [1.807, 2.05) is 0 Å². The van der Waals surface area contributed by atoms with Crippen LogP contribution in [0.5, 0.6) is 0 Å². The van der Waals surface area contributed by atoms with E-state index in [0.717, 1.165) is 12.1 Å². The Bertz CT molecular complexity index is 452. The van der Waals surface area contributed by atoms with Crippen LogP contribution in [0.2, 0.25) is 0 Å². The highest BCUT2D eigenvalue weighted by Gasteiger charge is 2.30. The Labute approximate surface area is 208 Å². The molecule has 0 fully saturated rings. The van der Waals surface area contributed by atoms with Crippen molar-refractivity contribution in [2.45, 2.75) is 133 Å². The van der Waals surface area contributed by atoms with Crippen LogP contribution in [0.25, 0.3) is 0 Å². The van der Waals surface area contributed by atoms with Gasteiger partial charge in [-0.2, -0.15) is 0 Å². The smallest absolute Gasteiger partial charge is 0.0859 e. The van der Waals surface area contributed by atoms with Gasteiger partial charge in [-0.05, 0) is 65.2 Å². The third-order valence-electron chi connectivity index (χ3n) is 7.07. The fraction of sp³-hybridized carbons (Fsp3) is 1.00. The second kappa shape index (κ2) is 21.1. The van der Waals surface area contributed by atoms with Gasteiger partial charge in [0, 0.05) is 10.4 Å². The predicted octanol–water partition coefficient (Wildman–Crippen LogP) is 6.33. The van der Waals surface area contributed by atoms with E-state index >= 15 is 0 Å². The van der Waals surface area contributed by atoms with Gasteiger partial charge in [0.1, 0.15) is 0 Å². The zero-order valence-electron chi connectivity index (χ0n) is 24.0. The lowest BCUT2D eigenvalue weighted by molar-refractivity contribution is -0.949. The number of hydrogen-bond donors (Lipinski definition) is 0. The molecule has 7 heteroatoms. The lowest BCUT2D eigenvalue weighted by Crippen LogP contribution is -2.55. The van der Waals surface area contributed by atoms with E-state index < -0.39 is 10.4 Å².